The SMILES string of the molecule is COC(=O)c1ccc(NC(=O)c2c(C)nn(Cc3ccccc3)c2C)cc1. The van der Waals surface area contributed by atoms with Gasteiger partial charge in [0, 0.05) is 11.4 Å². The summed E-state index contributed by atoms with van der Waals surface area (Å²) in [4.78, 5) is 24.2. The summed E-state index contributed by atoms with van der Waals surface area (Å²) in [6.45, 7) is 4.32. The number of carbonyl (C=O) groups excluding carboxylic acids is 2. The molecule has 0 aliphatic heterocycles. The molecular formula is C21H21N3O3. The molecule has 0 unspecified atom stereocenters. The lowest BCUT2D eigenvalue weighted by atomic mass is 10.1. The third kappa shape index (κ3) is 4.06. The number of amides is 1. The average Bonchev–Trinajstić information content (AvgIpc) is 2.95. The quantitative estimate of drug-likeness (QED) is 0.703. The molecule has 0 saturated carbocycles. The zero-order valence-electron chi connectivity index (χ0n) is 15.5. The normalized spacial score (nSPS) is 10.5. The maximum atomic E-state index is 12.7. The van der Waals surface area contributed by atoms with Crippen molar-refractivity contribution in [2.45, 2.75) is 20.4 Å². The number of ether oxygens (including phenoxy) is 1. The van der Waals surface area contributed by atoms with Crippen LogP contribution in [0.3, 0.4) is 0 Å². The third-order valence-corrected chi connectivity index (χ3v) is 4.35. The minimum absolute atomic E-state index is 0.227. The second-order valence-electron chi connectivity index (χ2n) is 6.21. The van der Waals surface area contributed by atoms with Crippen molar-refractivity contribution < 1.29 is 14.3 Å². The minimum atomic E-state index is -0.415. The van der Waals surface area contributed by atoms with E-state index in [1.165, 1.54) is 7.11 Å². The predicted octanol–water partition coefficient (Wildman–Crippen LogP) is 3.59. The monoisotopic (exact) mass is 363 g/mol. The Balaban J connectivity index is 1.78. The molecule has 0 radical (unpaired) electrons. The van der Waals surface area contributed by atoms with E-state index in [4.69, 9.17) is 0 Å². The number of benzene rings is 2. The minimum Gasteiger partial charge on any atom is -0.465 e. The lowest BCUT2D eigenvalue weighted by molar-refractivity contribution is 0.0600. The fourth-order valence-electron chi connectivity index (χ4n) is 2.94. The molecule has 27 heavy (non-hydrogen) atoms. The molecule has 0 bridgehead atoms. The van der Waals surface area contributed by atoms with Gasteiger partial charge in [-0.2, -0.15) is 5.10 Å². The predicted molar refractivity (Wildman–Crippen MR) is 103 cm³/mol. The van der Waals surface area contributed by atoms with E-state index in [-0.39, 0.29) is 5.91 Å². The van der Waals surface area contributed by atoms with Gasteiger partial charge in [0.1, 0.15) is 0 Å². The van der Waals surface area contributed by atoms with E-state index in [1.807, 2.05) is 48.9 Å². The van der Waals surface area contributed by atoms with Gasteiger partial charge in [0.2, 0.25) is 0 Å². The zero-order chi connectivity index (χ0) is 19.4. The highest BCUT2D eigenvalue weighted by Crippen LogP contribution is 2.18. The highest BCUT2D eigenvalue weighted by molar-refractivity contribution is 6.06. The Morgan fingerprint density at radius 1 is 1.04 bits per heavy atom. The Bertz CT molecular complexity index is 960. The van der Waals surface area contributed by atoms with Crippen molar-refractivity contribution in [3.63, 3.8) is 0 Å². The van der Waals surface area contributed by atoms with Gasteiger partial charge in [-0.05, 0) is 43.7 Å². The van der Waals surface area contributed by atoms with Gasteiger partial charge in [-0.1, -0.05) is 30.3 Å². The fourth-order valence-corrected chi connectivity index (χ4v) is 2.94. The van der Waals surface area contributed by atoms with Crippen LogP contribution in [0.25, 0.3) is 0 Å². The molecule has 138 valence electrons. The molecule has 0 aliphatic rings. The molecule has 0 spiro atoms. The molecule has 6 nitrogen and oxygen atoms in total. The first kappa shape index (κ1) is 18.4. The fraction of sp³-hybridized carbons (Fsp3) is 0.190. The summed E-state index contributed by atoms with van der Waals surface area (Å²) < 4.78 is 6.51. The topological polar surface area (TPSA) is 73.2 Å². The molecule has 1 aromatic heterocycles. The van der Waals surface area contributed by atoms with Crippen LogP contribution in [-0.4, -0.2) is 28.8 Å². The molecule has 1 heterocycles. The van der Waals surface area contributed by atoms with Crippen molar-refractivity contribution in [2.75, 3.05) is 12.4 Å². The molecule has 1 amide bonds. The van der Waals surface area contributed by atoms with Crippen LogP contribution < -0.4 is 5.32 Å². The lowest BCUT2D eigenvalue weighted by Gasteiger charge is -2.08. The molecule has 2 aromatic carbocycles. The molecule has 0 fully saturated rings. The number of aryl methyl sites for hydroxylation is 1. The van der Waals surface area contributed by atoms with Crippen LogP contribution in [0.5, 0.6) is 0 Å². The van der Waals surface area contributed by atoms with Crippen molar-refractivity contribution in [2.24, 2.45) is 0 Å². The number of hydrogen-bond donors (Lipinski definition) is 1. The van der Waals surface area contributed by atoms with Crippen molar-refractivity contribution >= 4 is 17.6 Å². The Hall–Kier alpha value is -3.41. The number of esters is 1. The summed E-state index contributed by atoms with van der Waals surface area (Å²) in [6.07, 6.45) is 0. The van der Waals surface area contributed by atoms with Gasteiger partial charge < -0.3 is 10.1 Å². The van der Waals surface area contributed by atoms with E-state index < -0.39 is 5.97 Å². The van der Waals surface area contributed by atoms with Crippen LogP contribution >= 0.6 is 0 Å². The lowest BCUT2D eigenvalue weighted by Crippen LogP contribution is -2.14. The second-order valence-corrected chi connectivity index (χ2v) is 6.21. The van der Waals surface area contributed by atoms with E-state index in [0.29, 0.717) is 29.1 Å². The number of aromatic nitrogens is 2. The van der Waals surface area contributed by atoms with Gasteiger partial charge in [-0.15, -0.1) is 0 Å². The summed E-state index contributed by atoms with van der Waals surface area (Å²) in [5.41, 5.74) is 4.18. The van der Waals surface area contributed by atoms with Gasteiger partial charge in [-0.25, -0.2) is 4.79 Å². The maximum absolute atomic E-state index is 12.7. The number of hydrogen-bond acceptors (Lipinski definition) is 4. The van der Waals surface area contributed by atoms with Gasteiger partial charge in [0.15, 0.2) is 0 Å². The third-order valence-electron chi connectivity index (χ3n) is 4.35. The number of carbonyl (C=O) groups is 2. The van der Waals surface area contributed by atoms with Crippen LogP contribution in [-0.2, 0) is 11.3 Å². The number of nitrogens with zero attached hydrogens (tertiary/aromatic N) is 2. The number of rotatable bonds is 5. The van der Waals surface area contributed by atoms with Crippen LogP contribution in [0.4, 0.5) is 5.69 Å². The summed E-state index contributed by atoms with van der Waals surface area (Å²) in [7, 11) is 1.33. The van der Waals surface area contributed by atoms with Gasteiger partial charge in [-0.3, -0.25) is 9.48 Å². The van der Waals surface area contributed by atoms with Crippen molar-refractivity contribution in [3.8, 4) is 0 Å². The molecule has 6 heteroatoms. The second kappa shape index (κ2) is 7.86. The smallest absolute Gasteiger partial charge is 0.337 e. The summed E-state index contributed by atoms with van der Waals surface area (Å²) >= 11 is 0. The number of anilines is 1. The highest BCUT2D eigenvalue weighted by Gasteiger charge is 2.19. The van der Waals surface area contributed by atoms with Crippen LogP contribution in [0.2, 0.25) is 0 Å². The largest absolute Gasteiger partial charge is 0.465 e. The number of nitrogens with one attached hydrogen (secondary N) is 1. The Labute approximate surface area is 157 Å². The van der Waals surface area contributed by atoms with Crippen molar-refractivity contribution in [3.05, 3.63) is 82.7 Å². The van der Waals surface area contributed by atoms with Crippen molar-refractivity contribution in [1.82, 2.24) is 9.78 Å². The maximum Gasteiger partial charge on any atom is 0.337 e. The van der Waals surface area contributed by atoms with E-state index in [1.54, 1.807) is 24.3 Å². The molecule has 0 aliphatic carbocycles. The van der Waals surface area contributed by atoms with E-state index in [9.17, 15) is 9.59 Å². The molecule has 3 aromatic rings. The summed E-state index contributed by atoms with van der Waals surface area (Å²) in [5, 5.41) is 7.37. The van der Waals surface area contributed by atoms with Crippen molar-refractivity contribution in [1.29, 1.82) is 0 Å². The molecule has 0 atom stereocenters. The van der Waals surface area contributed by atoms with E-state index >= 15 is 0 Å². The molecule has 1 N–H and O–H groups in total. The van der Waals surface area contributed by atoms with Gasteiger partial charge in [0.05, 0.1) is 30.5 Å². The summed E-state index contributed by atoms with van der Waals surface area (Å²) in [6, 6.07) is 16.5. The van der Waals surface area contributed by atoms with Gasteiger partial charge >= 0.3 is 5.97 Å². The Morgan fingerprint density at radius 3 is 2.33 bits per heavy atom. The van der Waals surface area contributed by atoms with E-state index in [0.717, 1.165) is 11.3 Å². The first-order valence-corrected chi connectivity index (χ1v) is 8.57. The first-order chi connectivity index (χ1) is 13.0. The van der Waals surface area contributed by atoms with Gasteiger partial charge in [0.25, 0.3) is 5.91 Å². The molecule has 0 saturated heterocycles. The summed E-state index contributed by atoms with van der Waals surface area (Å²) in [5.74, 6) is -0.642. The zero-order valence-corrected chi connectivity index (χ0v) is 15.5. The number of methoxy groups -OCH3 is 1. The molecule has 3 rings (SSSR count). The van der Waals surface area contributed by atoms with Crippen LogP contribution in [0.1, 0.15) is 37.7 Å². The average molecular weight is 363 g/mol. The standard InChI is InChI=1S/C21H21N3O3/c1-14-19(15(2)24(23-14)13-16-7-5-4-6-8-16)20(25)22-18-11-9-17(10-12-18)21(26)27-3/h4-12H,13H2,1-3H3,(H,22,25). The van der Waals surface area contributed by atoms with Crippen LogP contribution in [0.15, 0.2) is 54.6 Å². The molecular weight excluding hydrogens is 342 g/mol. The van der Waals surface area contributed by atoms with E-state index in [2.05, 4.69) is 15.2 Å². The van der Waals surface area contributed by atoms with Crippen LogP contribution in [0, 0.1) is 13.8 Å². The highest BCUT2D eigenvalue weighted by atomic mass is 16.5. The first-order valence-electron chi connectivity index (χ1n) is 8.57. The Kier molecular flexibility index (Phi) is 5.35. The Morgan fingerprint density at radius 2 is 1.70 bits per heavy atom.